The van der Waals surface area contributed by atoms with Crippen LogP contribution < -0.4 is 10.6 Å². The predicted molar refractivity (Wildman–Crippen MR) is 80.0 cm³/mol. The van der Waals surface area contributed by atoms with Gasteiger partial charge in [-0.05, 0) is 49.7 Å². The van der Waals surface area contributed by atoms with Crippen LogP contribution in [-0.2, 0) is 16.0 Å². The fraction of sp³-hybridized carbons (Fsp3) is 0.357. The van der Waals surface area contributed by atoms with Crippen molar-refractivity contribution in [3.8, 4) is 0 Å². The van der Waals surface area contributed by atoms with Crippen LogP contribution in [0, 0.1) is 0 Å². The number of hydrogen-bond donors (Lipinski definition) is 2. The number of rotatable bonds is 5. The lowest BCUT2D eigenvalue weighted by atomic mass is 10.1. The SMILES string of the molecule is CC1=C(C(=O)OCCCc2ccncc2)CNC(=S)N1. The molecule has 0 bridgehead atoms. The Morgan fingerprint density at radius 3 is 2.90 bits per heavy atom. The number of allylic oxidation sites excluding steroid dienone is 1. The molecule has 0 spiro atoms. The van der Waals surface area contributed by atoms with Gasteiger partial charge in [0.2, 0.25) is 0 Å². The predicted octanol–water partition coefficient (Wildman–Crippen LogP) is 1.31. The van der Waals surface area contributed by atoms with E-state index in [1.807, 2.05) is 19.1 Å². The van der Waals surface area contributed by atoms with Crippen molar-refractivity contribution in [3.63, 3.8) is 0 Å². The van der Waals surface area contributed by atoms with E-state index in [-0.39, 0.29) is 5.97 Å². The Balaban J connectivity index is 1.75. The monoisotopic (exact) mass is 291 g/mol. The Morgan fingerprint density at radius 1 is 1.45 bits per heavy atom. The number of carbonyl (C=O) groups is 1. The maximum absolute atomic E-state index is 11.9. The van der Waals surface area contributed by atoms with Gasteiger partial charge in [-0.25, -0.2) is 4.79 Å². The minimum absolute atomic E-state index is 0.292. The number of aromatic nitrogens is 1. The second-order valence-corrected chi connectivity index (χ2v) is 4.91. The summed E-state index contributed by atoms with van der Waals surface area (Å²) in [6.45, 7) is 2.64. The van der Waals surface area contributed by atoms with Crippen LogP contribution in [0.1, 0.15) is 18.9 Å². The second-order valence-electron chi connectivity index (χ2n) is 4.51. The highest BCUT2D eigenvalue weighted by Crippen LogP contribution is 2.08. The van der Waals surface area contributed by atoms with Gasteiger partial charge in [0.25, 0.3) is 0 Å². The van der Waals surface area contributed by atoms with Crippen molar-refractivity contribution < 1.29 is 9.53 Å². The van der Waals surface area contributed by atoms with Crippen LogP contribution >= 0.6 is 12.2 Å². The van der Waals surface area contributed by atoms with E-state index in [0.717, 1.165) is 18.5 Å². The molecule has 0 atom stereocenters. The second kappa shape index (κ2) is 7.00. The third-order valence-electron chi connectivity index (χ3n) is 3.02. The smallest absolute Gasteiger partial charge is 0.337 e. The number of esters is 1. The normalized spacial score (nSPS) is 14.6. The number of ether oxygens (including phenoxy) is 1. The molecule has 0 amide bonds. The summed E-state index contributed by atoms with van der Waals surface area (Å²) < 4.78 is 5.27. The van der Waals surface area contributed by atoms with E-state index in [4.69, 9.17) is 17.0 Å². The molecule has 6 heteroatoms. The molecule has 5 nitrogen and oxygen atoms in total. The van der Waals surface area contributed by atoms with E-state index in [2.05, 4.69) is 15.6 Å². The van der Waals surface area contributed by atoms with Gasteiger partial charge < -0.3 is 15.4 Å². The van der Waals surface area contributed by atoms with Gasteiger partial charge in [0.1, 0.15) is 0 Å². The molecule has 0 unspecified atom stereocenters. The Kier molecular flexibility index (Phi) is 5.06. The first kappa shape index (κ1) is 14.5. The van der Waals surface area contributed by atoms with Crippen molar-refractivity contribution in [2.45, 2.75) is 19.8 Å². The van der Waals surface area contributed by atoms with Crippen molar-refractivity contribution >= 4 is 23.3 Å². The van der Waals surface area contributed by atoms with Crippen LogP contribution in [0.3, 0.4) is 0 Å². The minimum atomic E-state index is -0.292. The Labute approximate surface area is 123 Å². The average Bonchev–Trinajstić information content (AvgIpc) is 2.44. The van der Waals surface area contributed by atoms with E-state index in [1.54, 1.807) is 12.4 Å². The lowest BCUT2D eigenvalue weighted by Crippen LogP contribution is -2.42. The fourth-order valence-corrected chi connectivity index (χ4v) is 2.12. The Hall–Kier alpha value is -1.95. The van der Waals surface area contributed by atoms with Gasteiger partial charge in [0.15, 0.2) is 5.11 Å². The molecule has 1 aromatic rings. The highest BCUT2D eigenvalue weighted by atomic mass is 32.1. The van der Waals surface area contributed by atoms with E-state index < -0.39 is 0 Å². The van der Waals surface area contributed by atoms with Crippen molar-refractivity contribution in [3.05, 3.63) is 41.4 Å². The van der Waals surface area contributed by atoms with Crippen LogP contribution in [-0.4, -0.2) is 29.2 Å². The lowest BCUT2D eigenvalue weighted by Gasteiger charge is -2.20. The molecule has 0 aromatic carbocycles. The lowest BCUT2D eigenvalue weighted by molar-refractivity contribution is -0.139. The standard InChI is InChI=1S/C14H17N3O2S/c1-10-12(9-16-14(20)17-10)13(18)19-8-2-3-11-4-6-15-7-5-11/h4-7H,2-3,8-9H2,1H3,(H2,16,17,20). The van der Waals surface area contributed by atoms with Gasteiger partial charge in [-0.3, -0.25) is 4.98 Å². The molecular weight excluding hydrogens is 274 g/mol. The maximum atomic E-state index is 11.9. The van der Waals surface area contributed by atoms with Gasteiger partial charge in [0, 0.05) is 18.1 Å². The summed E-state index contributed by atoms with van der Waals surface area (Å²) in [7, 11) is 0. The molecule has 0 aliphatic carbocycles. The topological polar surface area (TPSA) is 63.2 Å². The minimum Gasteiger partial charge on any atom is -0.462 e. The van der Waals surface area contributed by atoms with E-state index in [9.17, 15) is 4.79 Å². The van der Waals surface area contributed by atoms with Gasteiger partial charge in [-0.15, -0.1) is 0 Å². The molecule has 106 valence electrons. The Bertz CT molecular complexity index is 528. The largest absolute Gasteiger partial charge is 0.462 e. The maximum Gasteiger partial charge on any atom is 0.337 e. The van der Waals surface area contributed by atoms with Crippen LogP contribution in [0.2, 0.25) is 0 Å². The number of pyridine rings is 1. The van der Waals surface area contributed by atoms with Crippen molar-refractivity contribution in [1.29, 1.82) is 0 Å². The number of aryl methyl sites for hydroxylation is 1. The number of hydrogen-bond acceptors (Lipinski definition) is 4. The highest BCUT2D eigenvalue weighted by Gasteiger charge is 2.19. The number of carbonyl (C=O) groups excluding carboxylic acids is 1. The van der Waals surface area contributed by atoms with Gasteiger partial charge in [-0.1, -0.05) is 0 Å². The molecule has 0 saturated carbocycles. The van der Waals surface area contributed by atoms with Crippen LogP contribution in [0.25, 0.3) is 0 Å². The summed E-state index contributed by atoms with van der Waals surface area (Å²) >= 11 is 4.97. The molecule has 0 saturated heterocycles. The fourth-order valence-electron chi connectivity index (χ4n) is 1.89. The molecule has 1 aliphatic heterocycles. The quantitative estimate of drug-likeness (QED) is 0.484. The summed E-state index contributed by atoms with van der Waals surface area (Å²) in [5.41, 5.74) is 2.55. The Morgan fingerprint density at radius 2 is 2.20 bits per heavy atom. The molecule has 2 rings (SSSR count). The first-order valence-corrected chi connectivity index (χ1v) is 6.88. The summed E-state index contributed by atoms with van der Waals surface area (Å²) in [5, 5.41) is 6.37. The average molecular weight is 291 g/mol. The van der Waals surface area contributed by atoms with Crippen LogP contribution in [0.5, 0.6) is 0 Å². The summed E-state index contributed by atoms with van der Waals surface area (Å²) in [5.74, 6) is -0.292. The number of nitrogens with one attached hydrogen (secondary N) is 2. The molecule has 1 aromatic heterocycles. The van der Waals surface area contributed by atoms with Crippen molar-refractivity contribution in [2.24, 2.45) is 0 Å². The third-order valence-corrected chi connectivity index (χ3v) is 3.26. The zero-order chi connectivity index (χ0) is 14.4. The molecule has 1 aliphatic rings. The van der Waals surface area contributed by atoms with Gasteiger partial charge in [0.05, 0.1) is 18.7 Å². The van der Waals surface area contributed by atoms with Crippen molar-refractivity contribution in [2.75, 3.05) is 13.2 Å². The summed E-state index contributed by atoms with van der Waals surface area (Å²) in [6, 6.07) is 3.93. The summed E-state index contributed by atoms with van der Waals surface area (Å²) in [4.78, 5) is 15.9. The molecule has 2 heterocycles. The van der Waals surface area contributed by atoms with E-state index in [0.29, 0.717) is 23.8 Å². The van der Waals surface area contributed by atoms with Crippen LogP contribution in [0.4, 0.5) is 0 Å². The number of thiocarbonyl (C=S) groups is 1. The molecular formula is C14H17N3O2S. The first-order chi connectivity index (χ1) is 9.66. The van der Waals surface area contributed by atoms with Gasteiger partial charge >= 0.3 is 5.97 Å². The molecule has 20 heavy (non-hydrogen) atoms. The zero-order valence-electron chi connectivity index (χ0n) is 11.3. The highest BCUT2D eigenvalue weighted by molar-refractivity contribution is 7.80. The summed E-state index contributed by atoms with van der Waals surface area (Å²) in [6.07, 6.45) is 5.19. The number of nitrogens with zero attached hydrogens (tertiary/aromatic N) is 1. The van der Waals surface area contributed by atoms with E-state index in [1.165, 1.54) is 5.56 Å². The first-order valence-electron chi connectivity index (χ1n) is 6.47. The third kappa shape index (κ3) is 4.03. The zero-order valence-corrected chi connectivity index (χ0v) is 12.1. The van der Waals surface area contributed by atoms with Crippen molar-refractivity contribution in [1.82, 2.24) is 15.6 Å². The molecule has 2 N–H and O–H groups in total. The molecule has 0 fully saturated rings. The van der Waals surface area contributed by atoms with E-state index >= 15 is 0 Å². The van der Waals surface area contributed by atoms with Crippen LogP contribution in [0.15, 0.2) is 35.8 Å². The molecule has 0 radical (unpaired) electrons. The van der Waals surface area contributed by atoms with Gasteiger partial charge in [-0.2, -0.15) is 0 Å².